The minimum atomic E-state index is 0.108. The van der Waals surface area contributed by atoms with Gasteiger partial charge in [0.25, 0.3) is 0 Å². The summed E-state index contributed by atoms with van der Waals surface area (Å²) in [6, 6.07) is 20.1. The number of anilines is 1. The third-order valence-corrected chi connectivity index (χ3v) is 7.04. The van der Waals surface area contributed by atoms with Crippen molar-refractivity contribution in [3.63, 3.8) is 0 Å². The molecule has 1 N–H and O–H groups in total. The van der Waals surface area contributed by atoms with Gasteiger partial charge in [-0.3, -0.25) is 9.88 Å². The van der Waals surface area contributed by atoms with Gasteiger partial charge in [0.05, 0.1) is 35.8 Å². The summed E-state index contributed by atoms with van der Waals surface area (Å²) in [5, 5.41) is 9.70. The molecule has 5 rings (SSSR count). The molecule has 2 aromatic carbocycles. The lowest BCUT2D eigenvalue weighted by Gasteiger charge is -2.40. The van der Waals surface area contributed by atoms with Gasteiger partial charge in [0.1, 0.15) is 29.1 Å². The number of aromatic nitrogens is 3. The van der Waals surface area contributed by atoms with Gasteiger partial charge in [-0.15, -0.1) is 0 Å². The number of aromatic amines is 1. The number of rotatable bonds is 8. The summed E-state index contributed by atoms with van der Waals surface area (Å²) in [7, 11) is 1.72. The van der Waals surface area contributed by atoms with E-state index in [0.29, 0.717) is 17.1 Å². The van der Waals surface area contributed by atoms with Crippen molar-refractivity contribution < 1.29 is 9.47 Å². The van der Waals surface area contributed by atoms with Crippen LogP contribution in [0.2, 0.25) is 0 Å². The number of methoxy groups -OCH3 is 1. The topological polar surface area (TPSA) is 90.3 Å². The molecule has 8 nitrogen and oxygen atoms in total. The fourth-order valence-electron chi connectivity index (χ4n) is 5.00. The summed E-state index contributed by atoms with van der Waals surface area (Å²) >= 11 is 0. The lowest BCUT2D eigenvalue weighted by molar-refractivity contribution is 0.181. The first-order valence-corrected chi connectivity index (χ1v) is 12.8. The van der Waals surface area contributed by atoms with E-state index in [1.165, 1.54) is 0 Å². The van der Waals surface area contributed by atoms with Crippen molar-refractivity contribution in [1.29, 1.82) is 5.26 Å². The Morgan fingerprint density at radius 3 is 2.47 bits per heavy atom. The molecule has 1 aliphatic heterocycles. The van der Waals surface area contributed by atoms with E-state index in [1.807, 2.05) is 62.5 Å². The van der Waals surface area contributed by atoms with E-state index in [0.717, 1.165) is 66.8 Å². The Bertz CT molecular complexity index is 1430. The molecule has 1 aliphatic rings. The first-order chi connectivity index (χ1) is 18.6. The lowest BCUT2D eigenvalue weighted by Crippen LogP contribution is -2.48. The number of para-hydroxylation sites is 2. The van der Waals surface area contributed by atoms with Gasteiger partial charge in [0.2, 0.25) is 0 Å². The van der Waals surface area contributed by atoms with Gasteiger partial charge in [-0.2, -0.15) is 5.26 Å². The van der Waals surface area contributed by atoms with Crippen molar-refractivity contribution in [2.75, 3.05) is 38.2 Å². The molecule has 0 radical (unpaired) electrons. The highest BCUT2D eigenvalue weighted by atomic mass is 16.5. The molecule has 0 bridgehead atoms. The molecule has 1 fully saturated rings. The molecule has 1 saturated heterocycles. The highest BCUT2D eigenvalue weighted by Crippen LogP contribution is 2.33. The number of hydrogen-bond acceptors (Lipinski definition) is 7. The van der Waals surface area contributed by atoms with Crippen LogP contribution in [-0.4, -0.2) is 53.1 Å². The van der Waals surface area contributed by atoms with Crippen molar-refractivity contribution in [3.8, 4) is 23.3 Å². The van der Waals surface area contributed by atoms with Crippen LogP contribution < -0.4 is 14.4 Å². The highest BCUT2D eigenvalue weighted by molar-refractivity contribution is 5.58. The number of H-pyrrole nitrogens is 1. The average Bonchev–Trinajstić information content (AvgIpc) is 3.39. The first-order valence-electron chi connectivity index (χ1n) is 12.8. The van der Waals surface area contributed by atoms with Gasteiger partial charge in [-0.05, 0) is 62.2 Å². The number of nitrogens with zero attached hydrogens (tertiary/aromatic N) is 5. The minimum absolute atomic E-state index is 0.108. The largest absolute Gasteiger partial charge is 0.495 e. The Labute approximate surface area is 223 Å². The number of nitrogens with one attached hydrogen (secondary N) is 1. The zero-order valence-corrected chi connectivity index (χ0v) is 22.0. The van der Waals surface area contributed by atoms with Crippen molar-refractivity contribution in [2.24, 2.45) is 0 Å². The van der Waals surface area contributed by atoms with Crippen LogP contribution in [0, 0.1) is 25.2 Å². The number of ether oxygens (including phenoxy) is 2. The van der Waals surface area contributed by atoms with Crippen LogP contribution in [0.15, 0.2) is 67.0 Å². The molecule has 8 heteroatoms. The maximum Gasteiger partial charge on any atom is 0.148 e. The Kier molecular flexibility index (Phi) is 7.57. The molecule has 4 aromatic rings. The number of imidazole rings is 1. The van der Waals surface area contributed by atoms with Crippen molar-refractivity contribution in [1.82, 2.24) is 19.9 Å². The predicted molar refractivity (Wildman–Crippen MR) is 147 cm³/mol. The van der Waals surface area contributed by atoms with Crippen LogP contribution in [0.1, 0.15) is 34.4 Å². The van der Waals surface area contributed by atoms with Crippen molar-refractivity contribution in [2.45, 2.75) is 26.3 Å². The minimum Gasteiger partial charge on any atom is -0.495 e. The first kappa shape index (κ1) is 25.3. The average molecular weight is 509 g/mol. The fourth-order valence-corrected chi connectivity index (χ4v) is 5.00. The number of hydrogen-bond donors (Lipinski definition) is 1. The Morgan fingerprint density at radius 1 is 0.974 bits per heavy atom. The van der Waals surface area contributed by atoms with Crippen molar-refractivity contribution in [3.05, 3.63) is 95.3 Å². The summed E-state index contributed by atoms with van der Waals surface area (Å²) in [5.41, 5.74) is 4.58. The van der Waals surface area contributed by atoms with E-state index in [9.17, 15) is 5.26 Å². The number of nitriles is 1. The maximum absolute atomic E-state index is 9.70. The smallest absolute Gasteiger partial charge is 0.148 e. The zero-order chi connectivity index (χ0) is 26.5. The van der Waals surface area contributed by atoms with Crippen LogP contribution in [0.3, 0.4) is 0 Å². The molecule has 0 saturated carbocycles. The van der Waals surface area contributed by atoms with Gasteiger partial charge in [-0.25, -0.2) is 4.98 Å². The molecule has 38 heavy (non-hydrogen) atoms. The van der Waals surface area contributed by atoms with Gasteiger partial charge in [0, 0.05) is 38.6 Å². The second-order valence-electron chi connectivity index (χ2n) is 9.47. The third-order valence-electron chi connectivity index (χ3n) is 7.04. The van der Waals surface area contributed by atoms with Gasteiger partial charge in [0.15, 0.2) is 0 Å². The van der Waals surface area contributed by atoms with Crippen LogP contribution in [0.25, 0.3) is 0 Å². The fraction of sp³-hybridized carbons (Fsp3) is 0.300. The van der Waals surface area contributed by atoms with Gasteiger partial charge < -0.3 is 19.4 Å². The van der Waals surface area contributed by atoms with Crippen LogP contribution >= 0.6 is 0 Å². The SMILES string of the molecule is COc1ccccc1N1CCN(C(Cc2ccc(C#N)c(Oc3cccnc3C)c2)c2cnc(C)[nH]2)CC1. The molecule has 3 heterocycles. The van der Waals surface area contributed by atoms with E-state index in [4.69, 9.17) is 9.47 Å². The van der Waals surface area contributed by atoms with Gasteiger partial charge in [-0.1, -0.05) is 18.2 Å². The van der Waals surface area contributed by atoms with Crippen LogP contribution in [0.4, 0.5) is 5.69 Å². The number of benzene rings is 2. The molecular weight excluding hydrogens is 476 g/mol. The zero-order valence-electron chi connectivity index (χ0n) is 22.0. The van der Waals surface area contributed by atoms with Crippen LogP contribution in [-0.2, 0) is 6.42 Å². The molecule has 2 aromatic heterocycles. The normalized spacial score (nSPS) is 14.6. The maximum atomic E-state index is 9.70. The number of aryl methyl sites for hydroxylation is 2. The monoisotopic (exact) mass is 508 g/mol. The van der Waals surface area contributed by atoms with Crippen molar-refractivity contribution >= 4 is 5.69 Å². The third kappa shape index (κ3) is 5.48. The molecular formula is C30H32N6O2. The summed E-state index contributed by atoms with van der Waals surface area (Å²) in [4.78, 5) is 17.1. The summed E-state index contributed by atoms with van der Waals surface area (Å²) in [6.45, 7) is 7.46. The molecule has 1 unspecified atom stereocenters. The second kappa shape index (κ2) is 11.4. The standard InChI is InChI=1S/C30H32N6O2/c1-21-28(9-6-12-32-21)38-30-18-23(10-11-24(30)19-31)17-27(25-20-33-22(2)34-25)36-15-13-35(14-16-36)26-7-4-5-8-29(26)37-3/h4-12,18,20,27H,13-17H2,1-3H3,(H,33,34). The van der Waals surface area contributed by atoms with E-state index < -0.39 is 0 Å². The van der Waals surface area contributed by atoms with Gasteiger partial charge >= 0.3 is 0 Å². The quantitative estimate of drug-likeness (QED) is 0.350. The molecule has 194 valence electrons. The Hall–Kier alpha value is -4.35. The molecule has 0 aliphatic carbocycles. The van der Waals surface area contributed by atoms with E-state index in [1.54, 1.807) is 13.3 Å². The Balaban J connectivity index is 1.38. The van der Waals surface area contributed by atoms with E-state index in [2.05, 4.69) is 43.0 Å². The number of piperazine rings is 1. The van der Waals surface area contributed by atoms with E-state index >= 15 is 0 Å². The Morgan fingerprint density at radius 2 is 1.76 bits per heavy atom. The molecule has 0 spiro atoms. The number of pyridine rings is 1. The second-order valence-corrected chi connectivity index (χ2v) is 9.47. The summed E-state index contributed by atoms with van der Waals surface area (Å²) < 4.78 is 11.8. The summed E-state index contributed by atoms with van der Waals surface area (Å²) in [6.07, 6.45) is 4.42. The highest BCUT2D eigenvalue weighted by Gasteiger charge is 2.28. The lowest BCUT2D eigenvalue weighted by atomic mass is 9.99. The predicted octanol–water partition coefficient (Wildman–Crippen LogP) is 5.20. The van der Waals surface area contributed by atoms with Crippen LogP contribution in [0.5, 0.6) is 17.2 Å². The molecule has 1 atom stereocenters. The molecule has 0 amide bonds. The van der Waals surface area contributed by atoms with E-state index in [-0.39, 0.29) is 6.04 Å². The summed E-state index contributed by atoms with van der Waals surface area (Å²) in [5.74, 6) is 2.99.